The summed E-state index contributed by atoms with van der Waals surface area (Å²) in [5.41, 5.74) is 11.7. The van der Waals surface area contributed by atoms with Gasteiger partial charge in [0.1, 0.15) is 5.84 Å². The van der Waals surface area contributed by atoms with Crippen molar-refractivity contribution in [1.29, 1.82) is 0 Å². The van der Waals surface area contributed by atoms with Gasteiger partial charge in [-0.15, -0.1) is 0 Å². The Balaban J connectivity index is 2.76. The maximum atomic E-state index is 5.59. The van der Waals surface area contributed by atoms with Gasteiger partial charge < -0.3 is 11.5 Å². The fourth-order valence-electron chi connectivity index (χ4n) is 0.880. The van der Waals surface area contributed by atoms with Gasteiger partial charge in [0, 0.05) is 6.20 Å². The Hall–Kier alpha value is -1.25. The molecule has 1 aliphatic heterocycles. The minimum atomic E-state index is 0.420. The highest BCUT2D eigenvalue weighted by Gasteiger charge is 1.95. The van der Waals surface area contributed by atoms with Gasteiger partial charge >= 0.3 is 0 Å². The third-order valence-corrected chi connectivity index (χ3v) is 1.55. The van der Waals surface area contributed by atoms with Crippen LogP contribution in [0.15, 0.2) is 29.0 Å². The standard InChI is InChI=1S/C8H13N3/c9-7-5-3-1-2-4-6-11-8(7)10/h4-6H,1-3,9H2,(H2,10,11)/b6-4+,7-5+. The van der Waals surface area contributed by atoms with Crippen LogP contribution in [-0.2, 0) is 0 Å². The summed E-state index contributed by atoms with van der Waals surface area (Å²) in [6.45, 7) is 0. The van der Waals surface area contributed by atoms with E-state index in [0.717, 1.165) is 19.3 Å². The zero-order valence-electron chi connectivity index (χ0n) is 6.46. The second kappa shape index (κ2) is 3.81. The Bertz CT molecular complexity index is 213. The maximum Gasteiger partial charge on any atom is 0.146 e. The highest BCUT2D eigenvalue weighted by atomic mass is 14.9. The number of allylic oxidation sites excluding steroid dienone is 2. The van der Waals surface area contributed by atoms with Crippen LogP contribution >= 0.6 is 0 Å². The molecule has 60 valence electrons. The molecule has 0 fully saturated rings. The van der Waals surface area contributed by atoms with E-state index < -0.39 is 0 Å². The summed E-state index contributed by atoms with van der Waals surface area (Å²) in [7, 11) is 0. The monoisotopic (exact) mass is 151 g/mol. The summed E-state index contributed by atoms with van der Waals surface area (Å²) in [5.74, 6) is 0.420. The van der Waals surface area contributed by atoms with Crippen LogP contribution in [0.5, 0.6) is 0 Å². The summed E-state index contributed by atoms with van der Waals surface area (Å²) in [5, 5.41) is 0. The van der Waals surface area contributed by atoms with E-state index in [2.05, 4.69) is 4.99 Å². The zero-order valence-corrected chi connectivity index (χ0v) is 6.46. The van der Waals surface area contributed by atoms with E-state index in [4.69, 9.17) is 11.5 Å². The summed E-state index contributed by atoms with van der Waals surface area (Å²) in [6, 6.07) is 0. The molecule has 3 heteroatoms. The number of aliphatic imine (C=N–C) groups is 1. The lowest BCUT2D eigenvalue weighted by Crippen LogP contribution is -2.20. The van der Waals surface area contributed by atoms with Crippen LogP contribution < -0.4 is 11.5 Å². The number of hydrogen-bond acceptors (Lipinski definition) is 3. The predicted molar refractivity (Wildman–Crippen MR) is 46.9 cm³/mol. The molecular formula is C8H13N3. The lowest BCUT2D eigenvalue weighted by atomic mass is 10.2. The molecule has 0 aromatic carbocycles. The Morgan fingerprint density at radius 2 is 2.09 bits per heavy atom. The van der Waals surface area contributed by atoms with Crippen LogP contribution in [0.25, 0.3) is 0 Å². The molecule has 0 atom stereocenters. The second-order valence-corrected chi connectivity index (χ2v) is 2.49. The van der Waals surface area contributed by atoms with Crippen LogP contribution in [0.1, 0.15) is 19.3 Å². The first-order valence-electron chi connectivity index (χ1n) is 3.75. The zero-order chi connectivity index (χ0) is 8.10. The molecule has 0 unspecified atom stereocenters. The Morgan fingerprint density at radius 3 is 2.91 bits per heavy atom. The molecule has 0 saturated heterocycles. The average molecular weight is 151 g/mol. The van der Waals surface area contributed by atoms with Crippen LogP contribution in [-0.4, -0.2) is 5.84 Å². The highest BCUT2D eigenvalue weighted by Crippen LogP contribution is 2.02. The van der Waals surface area contributed by atoms with Crippen molar-refractivity contribution in [3.63, 3.8) is 0 Å². The van der Waals surface area contributed by atoms with Crippen molar-refractivity contribution in [2.75, 3.05) is 0 Å². The molecular weight excluding hydrogens is 138 g/mol. The van der Waals surface area contributed by atoms with E-state index in [0.29, 0.717) is 11.5 Å². The van der Waals surface area contributed by atoms with Crippen molar-refractivity contribution in [1.82, 2.24) is 0 Å². The van der Waals surface area contributed by atoms with Crippen molar-refractivity contribution >= 4 is 5.84 Å². The molecule has 0 aliphatic carbocycles. The fraction of sp³-hybridized carbons (Fsp3) is 0.375. The van der Waals surface area contributed by atoms with Gasteiger partial charge in [-0.25, -0.2) is 4.99 Å². The Kier molecular flexibility index (Phi) is 2.72. The van der Waals surface area contributed by atoms with Crippen molar-refractivity contribution in [2.45, 2.75) is 19.3 Å². The van der Waals surface area contributed by atoms with Crippen molar-refractivity contribution < 1.29 is 0 Å². The van der Waals surface area contributed by atoms with E-state index >= 15 is 0 Å². The average Bonchev–Trinajstić information content (AvgIpc) is 2.07. The minimum Gasteiger partial charge on any atom is -0.396 e. The van der Waals surface area contributed by atoms with Crippen LogP contribution in [0.4, 0.5) is 0 Å². The number of nitrogens with two attached hydrogens (primary N) is 2. The molecule has 4 N–H and O–H groups in total. The Labute approximate surface area is 66.5 Å². The fourth-order valence-corrected chi connectivity index (χ4v) is 0.880. The van der Waals surface area contributed by atoms with Crippen LogP contribution in [0, 0.1) is 0 Å². The van der Waals surface area contributed by atoms with E-state index in [1.807, 2.05) is 12.2 Å². The predicted octanol–water partition coefficient (Wildman–Crippen LogP) is 0.884. The normalized spacial score (nSPS) is 31.6. The van der Waals surface area contributed by atoms with E-state index in [1.54, 1.807) is 6.20 Å². The quantitative estimate of drug-likeness (QED) is 0.540. The van der Waals surface area contributed by atoms with Gasteiger partial charge in [0.2, 0.25) is 0 Å². The molecule has 3 nitrogen and oxygen atoms in total. The summed E-state index contributed by atoms with van der Waals surface area (Å²) >= 11 is 0. The van der Waals surface area contributed by atoms with Gasteiger partial charge in [-0.1, -0.05) is 12.2 Å². The first-order chi connectivity index (χ1) is 5.30. The van der Waals surface area contributed by atoms with Crippen LogP contribution in [0.3, 0.4) is 0 Å². The highest BCUT2D eigenvalue weighted by molar-refractivity contribution is 5.96. The lowest BCUT2D eigenvalue weighted by molar-refractivity contribution is 0.865. The molecule has 0 radical (unpaired) electrons. The van der Waals surface area contributed by atoms with Crippen LogP contribution in [0.2, 0.25) is 0 Å². The first-order valence-corrected chi connectivity index (χ1v) is 3.75. The molecule has 1 aliphatic rings. The third-order valence-electron chi connectivity index (χ3n) is 1.55. The van der Waals surface area contributed by atoms with E-state index in [-0.39, 0.29) is 0 Å². The van der Waals surface area contributed by atoms with Gasteiger partial charge in [-0.2, -0.15) is 0 Å². The van der Waals surface area contributed by atoms with E-state index in [1.165, 1.54) is 0 Å². The van der Waals surface area contributed by atoms with Gasteiger partial charge in [-0.05, 0) is 19.3 Å². The SMILES string of the molecule is NC1=N\C=C\CCC/C=C\1N. The molecule has 0 aromatic heterocycles. The van der Waals surface area contributed by atoms with Crippen molar-refractivity contribution in [3.05, 3.63) is 24.0 Å². The first kappa shape index (κ1) is 7.85. The maximum absolute atomic E-state index is 5.59. The number of amidine groups is 1. The number of hydrogen-bond donors (Lipinski definition) is 2. The number of rotatable bonds is 0. The van der Waals surface area contributed by atoms with E-state index in [9.17, 15) is 0 Å². The van der Waals surface area contributed by atoms with Crippen molar-refractivity contribution in [3.8, 4) is 0 Å². The second-order valence-electron chi connectivity index (χ2n) is 2.49. The smallest absolute Gasteiger partial charge is 0.146 e. The van der Waals surface area contributed by atoms with Gasteiger partial charge in [-0.3, -0.25) is 0 Å². The Morgan fingerprint density at radius 1 is 1.27 bits per heavy atom. The lowest BCUT2D eigenvalue weighted by Gasteiger charge is -1.96. The topological polar surface area (TPSA) is 64.4 Å². The number of nitrogens with zero attached hydrogens (tertiary/aromatic N) is 1. The summed E-state index contributed by atoms with van der Waals surface area (Å²) in [4.78, 5) is 3.95. The van der Waals surface area contributed by atoms with Crippen molar-refractivity contribution in [2.24, 2.45) is 16.5 Å². The molecule has 0 bridgehead atoms. The van der Waals surface area contributed by atoms with Gasteiger partial charge in [0.05, 0.1) is 5.70 Å². The molecule has 1 rings (SSSR count). The largest absolute Gasteiger partial charge is 0.396 e. The third kappa shape index (κ3) is 2.45. The van der Waals surface area contributed by atoms with Gasteiger partial charge in [0.15, 0.2) is 0 Å². The minimum absolute atomic E-state index is 0.420. The molecule has 0 amide bonds. The molecule has 1 heterocycles. The molecule has 11 heavy (non-hydrogen) atoms. The summed E-state index contributed by atoms with van der Waals surface area (Å²) < 4.78 is 0. The molecule has 0 aromatic rings. The van der Waals surface area contributed by atoms with Gasteiger partial charge in [0.25, 0.3) is 0 Å². The molecule has 0 saturated carbocycles. The molecule has 0 spiro atoms. The summed E-state index contributed by atoms with van der Waals surface area (Å²) in [6.07, 6.45) is 8.76.